The highest BCUT2D eigenvalue weighted by Crippen LogP contribution is 2.46. The van der Waals surface area contributed by atoms with Crippen molar-refractivity contribution in [3.05, 3.63) is 400 Å². The standard InChI is InChI=1S/C54H34N2.C52H32N2/c1-2-11-35(12-3-1)36-21-27-42(28-22-36)55-49-18-8-6-16-46(49)53-44-29-23-38(33-40(44)25-31-51(53)55)39-24-30-45-41(34-39)26-32-52-54(45)47-17-7-9-19-50(47)56(52)48-20-10-14-37-13-4-5-15-43(37)48;1-2-12-35-32-40(25-20-33(35)10-1)53-47-17-7-5-15-44(47)51-42-26-21-36(30-38(42)23-28-49(51)53)37-22-27-43-39(31-37)24-29-50-52(43)45-16-6-8-18-48(45)54(50)46-19-9-13-34-11-3-4-14-41(34)46/h1-34H;1-32H. The summed E-state index contributed by atoms with van der Waals surface area (Å²) in [5.74, 6) is 0. The summed E-state index contributed by atoms with van der Waals surface area (Å²) in [6.45, 7) is 0. The molecular weight excluding hydrogens is 1330 g/mol. The Morgan fingerprint density at radius 1 is 0.127 bits per heavy atom. The fourth-order valence-corrected chi connectivity index (χ4v) is 18.5. The molecule has 24 aromatic rings. The van der Waals surface area contributed by atoms with E-state index >= 15 is 0 Å². The van der Waals surface area contributed by atoms with Gasteiger partial charge in [0, 0.05) is 65.2 Å². The van der Waals surface area contributed by atoms with Crippen molar-refractivity contribution in [1.29, 1.82) is 0 Å². The van der Waals surface area contributed by atoms with E-state index in [1.54, 1.807) is 0 Å². The van der Waals surface area contributed by atoms with Crippen LogP contribution in [0.15, 0.2) is 400 Å². The molecule has 0 bridgehead atoms. The van der Waals surface area contributed by atoms with Crippen molar-refractivity contribution in [2.45, 2.75) is 0 Å². The lowest BCUT2D eigenvalue weighted by Crippen LogP contribution is -1.95. The zero-order valence-corrected chi connectivity index (χ0v) is 59.9. The Balaban J connectivity index is 0.000000132. The number of fused-ring (bicyclic) bond motifs is 23. The number of hydrogen-bond acceptors (Lipinski definition) is 0. The first kappa shape index (κ1) is 61.7. The molecule has 0 saturated carbocycles. The molecule has 0 aliphatic heterocycles. The SMILES string of the molecule is c1ccc(-c2ccc(-n3c4ccccc4c4c5ccc(-c6ccc7c(ccc8c7c7ccccc7n8-c7cccc8ccccc78)c6)cc5ccc43)cc2)cc1.c1ccc2cc(-n3c4ccccc4c4c5ccc(-c6ccc7c(ccc8c7c7ccccc7n8-c7cccc8ccccc78)c6)cc5ccc43)ccc2c1. The van der Waals surface area contributed by atoms with E-state index in [-0.39, 0.29) is 0 Å². The third-order valence-electron chi connectivity index (χ3n) is 23.5. The van der Waals surface area contributed by atoms with Crippen LogP contribution < -0.4 is 0 Å². The number of rotatable bonds is 7. The topological polar surface area (TPSA) is 19.7 Å². The molecule has 0 N–H and O–H groups in total. The van der Waals surface area contributed by atoms with Crippen LogP contribution >= 0.6 is 0 Å². The Morgan fingerprint density at radius 3 is 0.836 bits per heavy atom. The van der Waals surface area contributed by atoms with Crippen LogP contribution in [0.4, 0.5) is 0 Å². The van der Waals surface area contributed by atoms with Crippen LogP contribution in [0.2, 0.25) is 0 Å². The molecule has 0 amide bonds. The number of benzene rings is 20. The van der Waals surface area contributed by atoms with Gasteiger partial charge in [0.1, 0.15) is 0 Å². The highest BCUT2D eigenvalue weighted by atomic mass is 15.0. The lowest BCUT2D eigenvalue weighted by Gasteiger charge is -2.12. The minimum atomic E-state index is 1.16. The van der Waals surface area contributed by atoms with E-state index in [0.717, 1.165) is 5.69 Å². The van der Waals surface area contributed by atoms with E-state index in [2.05, 4.69) is 419 Å². The largest absolute Gasteiger partial charge is 0.309 e. The van der Waals surface area contributed by atoms with E-state index in [4.69, 9.17) is 0 Å². The fourth-order valence-electron chi connectivity index (χ4n) is 18.5. The molecule has 0 aliphatic carbocycles. The Labute approximate surface area is 633 Å². The second-order valence-electron chi connectivity index (χ2n) is 29.4. The third kappa shape index (κ3) is 9.53. The maximum Gasteiger partial charge on any atom is 0.0547 e. The molecule has 4 nitrogen and oxygen atoms in total. The molecule has 0 aliphatic rings. The van der Waals surface area contributed by atoms with E-state index in [1.807, 2.05) is 0 Å². The second-order valence-corrected chi connectivity index (χ2v) is 29.4. The van der Waals surface area contributed by atoms with Crippen LogP contribution in [0.25, 0.3) is 219 Å². The molecule has 0 radical (unpaired) electrons. The summed E-state index contributed by atoms with van der Waals surface area (Å²) in [6.07, 6.45) is 0. The van der Waals surface area contributed by atoms with E-state index in [9.17, 15) is 0 Å². The number of para-hydroxylation sites is 4. The average Bonchev–Trinajstić information content (AvgIpc) is 1.58. The van der Waals surface area contributed by atoms with Crippen molar-refractivity contribution in [2.75, 3.05) is 0 Å². The molecule has 0 saturated heterocycles. The van der Waals surface area contributed by atoms with Crippen molar-refractivity contribution >= 4 is 163 Å². The van der Waals surface area contributed by atoms with E-state index in [0.29, 0.717) is 0 Å². The summed E-state index contributed by atoms with van der Waals surface area (Å²) in [6, 6.07) is 147. The normalized spacial score (nSPS) is 12.0. The molecule has 4 heteroatoms. The highest BCUT2D eigenvalue weighted by Gasteiger charge is 2.22. The molecular formula is C106H66N4. The van der Waals surface area contributed by atoms with Gasteiger partial charge in [-0.1, -0.05) is 291 Å². The number of hydrogen-bond donors (Lipinski definition) is 0. The second kappa shape index (κ2) is 24.5. The van der Waals surface area contributed by atoms with Gasteiger partial charge in [-0.05, 0) is 207 Å². The zero-order valence-electron chi connectivity index (χ0n) is 59.9. The van der Waals surface area contributed by atoms with Crippen molar-refractivity contribution in [3.8, 4) is 56.1 Å². The summed E-state index contributed by atoms with van der Waals surface area (Å²) in [4.78, 5) is 0. The van der Waals surface area contributed by atoms with Gasteiger partial charge in [-0.2, -0.15) is 0 Å². The Kier molecular flexibility index (Phi) is 13.7. The van der Waals surface area contributed by atoms with Crippen LogP contribution in [0.3, 0.4) is 0 Å². The smallest absolute Gasteiger partial charge is 0.0547 e. The van der Waals surface area contributed by atoms with Gasteiger partial charge in [0.15, 0.2) is 0 Å². The average molecular weight is 1400 g/mol. The van der Waals surface area contributed by atoms with Crippen LogP contribution in [-0.2, 0) is 0 Å². The van der Waals surface area contributed by atoms with Gasteiger partial charge in [0.05, 0.1) is 55.5 Å². The lowest BCUT2D eigenvalue weighted by atomic mass is 9.95. The minimum Gasteiger partial charge on any atom is -0.309 e. The zero-order chi connectivity index (χ0) is 72.1. The molecule has 0 unspecified atom stereocenters. The van der Waals surface area contributed by atoms with Crippen molar-refractivity contribution in [3.63, 3.8) is 0 Å². The summed E-state index contributed by atoms with van der Waals surface area (Å²) >= 11 is 0. The van der Waals surface area contributed by atoms with Gasteiger partial charge in [-0.3, -0.25) is 0 Å². The number of nitrogens with zero attached hydrogens (tertiary/aromatic N) is 4. The fraction of sp³-hybridized carbons (Fsp3) is 0. The maximum absolute atomic E-state index is 2.45. The summed E-state index contributed by atoms with van der Waals surface area (Å²) < 4.78 is 9.72. The van der Waals surface area contributed by atoms with E-state index < -0.39 is 0 Å². The van der Waals surface area contributed by atoms with Crippen LogP contribution in [0.1, 0.15) is 0 Å². The predicted octanol–water partition coefficient (Wildman–Crippen LogP) is 28.8. The van der Waals surface area contributed by atoms with Gasteiger partial charge in [0.25, 0.3) is 0 Å². The lowest BCUT2D eigenvalue weighted by molar-refractivity contribution is 1.18. The van der Waals surface area contributed by atoms with Crippen LogP contribution in [0.5, 0.6) is 0 Å². The molecule has 0 atom stereocenters. The molecule has 4 heterocycles. The minimum absolute atomic E-state index is 1.16. The monoisotopic (exact) mass is 1390 g/mol. The number of aromatic nitrogens is 4. The molecule has 0 fully saturated rings. The highest BCUT2D eigenvalue weighted by molar-refractivity contribution is 6.26. The molecule has 20 aromatic carbocycles. The Morgan fingerprint density at radius 2 is 0.418 bits per heavy atom. The molecule has 110 heavy (non-hydrogen) atoms. The van der Waals surface area contributed by atoms with Crippen LogP contribution in [-0.4, -0.2) is 18.3 Å². The summed E-state index contributed by atoms with van der Waals surface area (Å²) in [7, 11) is 0. The van der Waals surface area contributed by atoms with Crippen molar-refractivity contribution in [2.24, 2.45) is 0 Å². The quantitative estimate of drug-likeness (QED) is 0.152. The third-order valence-corrected chi connectivity index (χ3v) is 23.5. The van der Waals surface area contributed by atoms with Crippen molar-refractivity contribution in [1.82, 2.24) is 18.3 Å². The molecule has 24 rings (SSSR count). The Hall–Kier alpha value is -14.6. The van der Waals surface area contributed by atoms with Gasteiger partial charge in [-0.25, -0.2) is 0 Å². The van der Waals surface area contributed by atoms with Gasteiger partial charge in [0.2, 0.25) is 0 Å². The van der Waals surface area contributed by atoms with Gasteiger partial charge < -0.3 is 18.3 Å². The van der Waals surface area contributed by atoms with Crippen molar-refractivity contribution < 1.29 is 0 Å². The molecule has 0 spiro atoms. The maximum atomic E-state index is 2.45. The first-order chi connectivity index (χ1) is 54.6. The van der Waals surface area contributed by atoms with Gasteiger partial charge in [-0.15, -0.1) is 0 Å². The van der Waals surface area contributed by atoms with Gasteiger partial charge >= 0.3 is 0 Å². The summed E-state index contributed by atoms with van der Waals surface area (Å²) in [5.41, 5.74) is 21.9. The first-order valence-electron chi connectivity index (χ1n) is 38.0. The molecule has 510 valence electrons. The van der Waals surface area contributed by atoms with Crippen LogP contribution in [0, 0.1) is 0 Å². The van der Waals surface area contributed by atoms with E-state index in [1.165, 1.54) is 213 Å². The Bertz CT molecular complexity index is 7950. The first-order valence-corrected chi connectivity index (χ1v) is 38.0. The summed E-state index contributed by atoms with van der Waals surface area (Å²) in [5, 5.41) is 27.8. The molecule has 4 aromatic heterocycles. The predicted molar refractivity (Wildman–Crippen MR) is 469 cm³/mol.